The maximum absolute atomic E-state index is 13.0. The monoisotopic (exact) mass is 362 g/mol. The number of nitrogens with zero attached hydrogens (tertiary/aromatic N) is 1. The Morgan fingerprint density at radius 2 is 1.92 bits per heavy atom. The number of halogens is 1. The average molecular weight is 362 g/mol. The molecule has 0 spiro atoms. The van der Waals surface area contributed by atoms with Gasteiger partial charge in [-0.2, -0.15) is 0 Å². The van der Waals surface area contributed by atoms with Crippen LogP contribution >= 0.6 is 0 Å². The smallest absolute Gasteiger partial charge is 0.225 e. The molecule has 2 N–H and O–H groups in total. The molecule has 26 heavy (non-hydrogen) atoms. The summed E-state index contributed by atoms with van der Waals surface area (Å²) in [4.78, 5) is 26.7. The molecule has 1 aromatic carbocycles. The van der Waals surface area contributed by atoms with Crippen molar-refractivity contribution in [2.45, 2.75) is 57.1 Å². The first-order valence-corrected chi connectivity index (χ1v) is 9.42. The van der Waals surface area contributed by atoms with E-state index in [1.54, 1.807) is 6.92 Å². The largest absolute Gasteiger partial charge is 0.384 e. The van der Waals surface area contributed by atoms with Gasteiger partial charge in [0.1, 0.15) is 11.4 Å². The second kappa shape index (κ2) is 7.74. The Bertz CT molecular complexity index is 654. The topological polar surface area (TPSA) is 69.6 Å². The zero-order valence-electron chi connectivity index (χ0n) is 15.2. The lowest BCUT2D eigenvalue weighted by Crippen LogP contribution is -2.42. The Morgan fingerprint density at radius 1 is 1.27 bits per heavy atom. The van der Waals surface area contributed by atoms with E-state index >= 15 is 0 Å². The van der Waals surface area contributed by atoms with E-state index in [-0.39, 0.29) is 42.6 Å². The first kappa shape index (κ1) is 18.8. The summed E-state index contributed by atoms with van der Waals surface area (Å²) in [5, 5.41) is 13.3. The van der Waals surface area contributed by atoms with E-state index < -0.39 is 5.60 Å². The van der Waals surface area contributed by atoms with Crippen molar-refractivity contribution in [3.63, 3.8) is 0 Å². The van der Waals surface area contributed by atoms with Gasteiger partial charge in [-0.3, -0.25) is 9.59 Å². The van der Waals surface area contributed by atoms with Crippen molar-refractivity contribution < 1.29 is 19.1 Å². The van der Waals surface area contributed by atoms with Crippen molar-refractivity contribution in [3.05, 3.63) is 35.6 Å². The highest BCUT2D eigenvalue weighted by Gasteiger charge is 2.38. The molecule has 1 heterocycles. The molecule has 2 unspecified atom stereocenters. The first-order valence-electron chi connectivity index (χ1n) is 9.42. The minimum absolute atomic E-state index is 0.0194. The fourth-order valence-corrected chi connectivity index (χ4v) is 3.97. The van der Waals surface area contributed by atoms with Crippen molar-refractivity contribution >= 4 is 11.8 Å². The molecule has 0 bridgehead atoms. The van der Waals surface area contributed by atoms with Crippen molar-refractivity contribution in [2.75, 3.05) is 13.1 Å². The fourth-order valence-electron chi connectivity index (χ4n) is 3.97. The number of hydrogen-bond acceptors (Lipinski definition) is 3. The zero-order chi connectivity index (χ0) is 18.7. The van der Waals surface area contributed by atoms with Gasteiger partial charge in [-0.05, 0) is 37.5 Å². The molecule has 1 aliphatic carbocycles. The third kappa shape index (κ3) is 4.23. The Morgan fingerprint density at radius 3 is 2.58 bits per heavy atom. The van der Waals surface area contributed by atoms with Crippen LogP contribution in [0.1, 0.15) is 51.0 Å². The second-order valence-corrected chi connectivity index (χ2v) is 7.74. The fraction of sp³-hybridized carbons (Fsp3) is 0.600. The standard InChI is InChI=1S/C20H27FN2O3/c1-20(26,15-7-9-16(21)10-8-15)13-22-19(25)14-11-18(24)23(12-14)17-5-3-2-4-6-17/h7-10,14,17,26H,2-6,11-13H2,1H3,(H,22,25). The number of likely N-dealkylation sites (tertiary alicyclic amines) is 1. The van der Waals surface area contributed by atoms with Gasteiger partial charge in [0.2, 0.25) is 11.8 Å². The van der Waals surface area contributed by atoms with Gasteiger partial charge in [-0.25, -0.2) is 4.39 Å². The number of benzene rings is 1. The molecule has 2 amide bonds. The number of rotatable bonds is 5. The van der Waals surface area contributed by atoms with E-state index in [9.17, 15) is 19.1 Å². The van der Waals surface area contributed by atoms with E-state index in [1.165, 1.54) is 30.7 Å². The molecule has 6 heteroatoms. The molecule has 1 aliphatic heterocycles. The summed E-state index contributed by atoms with van der Waals surface area (Å²) in [5.74, 6) is -0.893. The van der Waals surface area contributed by atoms with E-state index in [2.05, 4.69) is 5.32 Å². The molecular weight excluding hydrogens is 335 g/mol. The Hall–Kier alpha value is -1.95. The number of carbonyl (C=O) groups excluding carboxylic acids is 2. The van der Waals surface area contributed by atoms with Crippen molar-refractivity contribution in [1.29, 1.82) is 0 Å². The normalized spacial score (nSPS) is 23.7. The van der Waals surface area contributed by atoms with Crippen molar-refractivity contribution in [3.8, 4) is 0 Å². The van der Waals surface area contributed by atoms with Crippen LogP contribution in [0.25, 0.3) is 0 Å². The maximum atomic E-state index is 13.0. The van der Waals surface area contributed by atoms with Crippen LogP contribution in [0.3, 0.4) is 0 Å². The summed E-state index contributed by atoms with van der Waals surface area (Å²) in [6.07, 6.45) is 5.80. The molecule has 0 aromatic heterocycles. The van der Waals surface area contributed by atoms with Crippen molar-refractivity contribution in [2.24, 2.45) is 5.92 Å². The molecule has 0 radical (unpaired) electrons. The van der Waals surface area contributed by atoms with Gasteiger partial charge in [0.05, 0.1) is 12.5 Å². The molecule has 2 atom stereocenters. The van der Waals surface area contributed by atoms with Crippen LogP contribution in [-0.4, -0.2) is 41.0 Å². The predicted molar refractivity (Wildman–Crippen MR) is 95.7 cm³/mol. The van der Waals surface area contributed by atoms with Crippen LogP contribution in [0.2, 0.25) is 0 Å². The molecule has 2 fully saturated rings. The lowest BCUT2D eigenvalue weighted by molar-refractivity contribution is -0.130. The zero-order valence-corrected chi connectivity index (χ0v) is 15.2. The van der Waals surface area contributed by atoms with Crippen molar-refractivity contribution in [1.82, 2.24) is 10.2 Å². The molecular formula is C20H27FN2O3. The minimum Gasteiger partial charge on any atom is -0.384 e. The summed E-state index contributed by atoms with van der Waals surface area (Å²) >= 11 is 0. The number of nitrogens with one attached hydrogen (secondary N) is 1. The van der Waals surface area contributed by atoms with Crippen LogP contribution in [0.15, 0.2) is 24.3 Å². The molecule has 1 saturated carbocycles. The number of aliphatic hydroxyl groups is 1. The van der Waals surface area contributed by atoms with Crippen LogP contribution in [0, 0.1) is 11.7 Å². The van der Waals surface area contributed by atoms with Crippen LogP contribution in [0.4, 0.5) is 4.39 Å². The summed E-state index contributed by atoms with van der Waals surface area (Å²) in [5.41, 5.74) is -0.764. The lowest BCUT2D eigenvalue weighted by Gasteiger charge is -2.31. The highest BCUT2D eigenvalue weighted by atomic mass is 19.1. The maximum Gasteiger partial charge on any atom is 0.225 e. The quantitative estimate of drug-likeness (QED) is 0.845. The van der Waals surface area contributed by atoms with Crippen LogP contribution in [0.5, 0.6) is 0 Å². The predicted octanol–water partition coefficient (Wildman–Crippen LogP) is 2.33. The Kier molecular flexibility index (Phi) is 5.61. The van der Waals surface area contributed by atoms with Crippen LogP contribution < -0.4 is 5.32 Å². The Balaban J connectivity index is 1.55. The van der Waals surface area contributed by atoms with E-state index in [0.717, 1.165) is 25.7 Å². The summed E-state index contributed by atoms with van der Waals surface area (Å²) in [7, 11) is 0. The number of amides is 2. The van der Waals surface area contributed by atoms with Gasteiger partial charge in [0.25, 0.3) is 0 Å². The lowest BCUT2D eigenvalue weighted by atomic mass is 9.94. The SMILES string of the molecule is CC(O)(CNC(=O)C1CC(=O)N(C2CCCCC2)C1)c1ccc(F)cc1. The number of carbonyl (C=O) groups is 2. The Labute approximate surface area is 153 Å². The van der Waals surface area contributed by atoms with Gasteiger partial charge >= 0.3 is 0 Å². The van der Waals surface area contributed by atoms with E-state index in [1.807, 2.05) is 4.90 Å². The van der Waals surface area contributed by atoms with E-state index in [0.29, 0.717) is 12.1 Å². The molecule has 142 valence electrons. The number of hydrogen-bond donors (Lipinski definition) is 2. The molecule has 1 saturated heterocycles. The van der Waals surface area contributed by atoms with E-state index in [4.69, 9.17) is 0 Å². The molecule has 5 nitrogen and oxygen atoms in total. The van der Waals surface area contributed by atoms with Gasteiger partial charge < -0.3 is 15.3 Å². The second-order valence-electron chi connectivity index (χ2n) is 7.74. The van der Waals surface area contributed by atoms with Gasteiger partial charge in [-0.1, -0.05) is 31.4 Å². The minimum atomic E-state index is -1.30. The first-order chi connectivity index (χ1) is 12.4. The highest BCUT2D eigenvalue weighted by molar-refractivity contribution is 5.89. The molecule has 2 aliphatic rings. The third-order valence-corrected chi connectivity index (χ3v) is 5.62. The van der Waals surface area contributed by atoms with Gasteiger partial charge in [0, 0.05) is 19.0 Å². The van der Waals surface area contributed by atoms with Gasteiger partial charge in [0.15, 0.2) is 0 Å². The van der Waals surface area contributed by atoms with Gasteiger partial charge in [-0.15, -0.1) is 0 Å². The summed E-state index contributed by atoms with van der Waals surface area (Å²) in [6.45, 7) is 2.06. The summed E-state index contributed by atoms with van der Waals surface area (Å²) < 4.78 is 13.0. The third-order valence-electron chi connectivity index (χ3n) is 5.62. The highest BCUT2D eigenvalue weighted by Crippen LogP contribution is 2.29. The van der Waals surface area contributed by atoms with Crippen LogP contribution in [-0.2, 0) is 15.2 Å². The molecule has 1 aromatic rings. The average Bonchev–Trinajstić information content (AvgIpc) is 3.03. The summed E-state index contributed by atoms with van der Waals surface area (Å²) in [6, 6.07) is 5.85. The molecule has 3 rings (SSSR count).